The molecule has 0 fully saturated rings. The van der Waals surface area contributed by atoms with Gasteiger partial charge in [-0.05, 0) is 40.5 Å². The molecule has 0 unspecified atom stereocenters. The molecule has 2 N–H and O–H groups in total. The molecular weight excluding hydrogens is 323 g/mol. The molecule has 1 heterocycles. The summed E-state index contributed by atoms with van der Waals surface area (Å²) in [6, 6.07) is 2.93. The molecule has 4 nitrogen and oxygen atoms in total. The second kappa shape index (κ2) is 5.03. The van der Waals surface area contributed by atoms with E-state index in [1.54, 1.807) is 13.0 Å². The number of carboxylic acid groups (broad SMARTS) is 1. The lowest BCUT2D eigenvalue weighted by molar-refractivity contribution is 0.0692. The number of carboxylic acids is 1. The smallest absolute Gasteiger partial charge is 0.357 e. The van der Waals surface area contributed by atoms with Crippen LogP contribution in [-0.2, 0) is 0 Å². The summed E-state index contributed by atoms with van der Waals surface area (Å²) in [5.41, 5.74) is 2.72. The molecule has 18 heavy (non-hydrogen) atoms. The number of aromatic nitrogens is 1. The predicted molar refractivity (Wildman–Crippen MR) is 71.2 cm³/mol. The van der Waals surface area contributed by atoms with Crippen LogP contribution in [0.25, 0.3) is 0 Å². The third-order valence-electron chi connectivity index (χ3n) is 2.29. The van der Waals surface area contributed by atoms with E-state index in [1.165, 1.54) is 22.9 Å². The Balaban J connectivity index is 2.37. The molecule has 0 radical (unpaired) electrons. The molecule has 0 amide bonds. The van der Waals surface area contributed by atoms with Gasteiger partial charge in [0.15, 0.2) is 5.69 Å². The highest BCUT2D eigenvalue weighted by atomic mass is 79.9. The van der Waals surface area contributed by atoms with Gasteiger partial charge in [0.2, 0.25) is 0 Å². The Bertz CT molecular complexity index is 615. The van der Waals surface area contributed by atoms with E-state index >= 15 is 0 Å². The van der Waals surface area contributed by atoms with Crippen molar-refractivity contribution in [1.82, 2.24) is 4.98 Å². The molecule has 1 aromatic carbocycles. The van der Waals surface area contributed by atoms with Gasteiger partial charge in [-0.1, -0.05) is 0 Å². The molecule has 0 saturated carbocycles. The van der Waals surface area contributed by atoms with Crippen LogP contribution in [0.5, 0.6) is 0 Å². The van der Waals surface area contributed by atoms with Gasteiger partial charge in [-0.25, -0.2) is 14.2 Å². The van der Waals surface area contributed by atoms with Crippen molar-refractivity contribution in [3.05, 3.63) is 39.2 Å². The van der Waals surface area contributed by atoms with Gasteiger partial charge >= 0.3 is 5.97 Å². The van der Waals surface area contributed by atoms with Crippen LogP contribution in [0, 0.1) is 12.7 Å². The number of aryl methyl sites for hydroxylation is 1. The summed E-state index contributed by atoms with van der Waals surface area (Å²) in [7, 11) is 0. The van der Waals surface area contributed by atoms with Crippen molar-refractivity contribution in [3.8, 4) is 0 Å². The maximum Gasteiger partial charge on any atom is 0.357 e. The van der Waals surface area contributed by atoms with E-state index in [4.69, 9.17) is 5.11 Å². The third-order valence-corrected chi connectivity index (χ3v) is 3.64. The van der Waals surface area contributed by atoms with Crippen molar-refractivity contribution in [1.29, 1.82) is 0 Å². The van der Waals surface area contributed by atoms with Gasteiger partial charge in [0.25, 0.3) is 0 Å². The van der Waals surface area contributed by atoms with E-state index in [1.807, 2.05) is 0 Å². The molecule has 0 atom stereocenters. The molecule has 1 aromatic heterocycles. The van der Waals surface area contributed by atoms with Gasteiger partial charge in [-0.2, -0.15) is 0 Å². The van der Waals surface area contributed by atoms with Crippen molar-refractivity contribution in [2.75, 3.05) is 5.32 Å². The average Bonchev–Trinajstić information content (AvgIpc) is 2.74. The number of nitrogens with zero attached hydrogens (tertiary/aromatic N) is 1. The summed E-state index contributed by atoms with van der Waals surface area (Å²) in [4.78, 5) is 14.7. The minimum atomic E-state index is -1.10. The number of hydrogen-bond acceptors (Lipinski definition) is 4. The molecule has 94 valence electrons. The van der Waals surface area contributed by atoms with E-state index in [0.29, 0.717) is 20.7 Å². The number of rotatable bonds is 3. The fourth-order valence-corrected chi connectivity index (χ4v) is 2.42. The Morgan fingerprint density at radius 1 is 1.56 bits per heavy atom. The summed E-state index contributed by atoms with van der Waals surface area (Å²) < 4.78 is 13.6. The first-order valence-corrected chi connectivity index (χ1v) is 6.55. The highest BCUT2D eigenvalue weighted by Crippen LogP contribution is 2.30. The van der Waals surface area contributed by atoms with Gasteiger partial charge < -0.3 is 10.4 Å². The summed E-state index contributed by atoms with van der Waals surface area (Å²) in [6.45, 7) is 1.74. The zero-order valence-electron chi connectivity index (χ0n) is 9.20. The Morgan fingerprint density at radius 2 is 2.28 bits per heavy atom. The first-order valence-electron chi connectivity index (χ1n) is 4.88. The van der Waals surface area contributed by atoms with Gasteiger partial charge in [0, 0.05) is 5.69 Å². The number of nitrogens with one attached hydrogen (secondary N) is 1. The SMILES string of the molecule is Cc1cc(F)c(Br)cc1Nc1scnc1C(=O)O. The lowest BCUT2D eigenvalue weighted by Gasteiger charge is -2.09. The van der Waals surface area contributed by atoms with Gasteiger partial charge in [-0.3, -0.25) is 0 Å². The first-order chi connectivity index (χ1) is 8.49. The molecule has 0 saturated heterocycles. The number of hydrogen-bond donors (Lipinski definition) is 2. The minimum Gasteiger partial charge on any atom is -0.476 e. The molecule has 0 bridgehead atoms. The summed E-state index contributed by atoms with van der Waals surface area (Å²) in [5, 5.41) is 12.3. The Labute approximate surface area is 115 Å². The van der Waals surface area contributed by atoms with Crippen LogP contribution >= 0.6 is 27.3 Å². The second-order valence-electron chi connectivity index (χ2n) is 3.54. The molecule has 0 spiro atoms. The fraction of sp³-hybridized carbons (Fsp3) is 0.0909. The zero-order valence-corrected chi connectivity index (χ0v) is 11.6. The average molecular weight is 331 g/mol. The van der Waals surface area contributed by atoms with Crippen LogP contribution in [0.4, 0.5) is 15.1 Å². The molecule has 2 rings (SSSR count). The lowest BCUT2D eigenvalue weighted by atomic mass is 10.2. The van der Waals surface area contributed by atoms with E-state index in [0.717, 1.165) is 0 Å². The highest BCUT2D eigenvalue weighted by molar-refractivity contribution is 9.10. The molecule has 0 aliphatic rings. The topological polar surface area (TPSA) is 62.2 Å². The monoisotopic (exact) mass is 330 g/mol. The van der Waals surface area contributed by atoms with Crippen molar-refractivity contribution >= 4 is 43.9 Å². The quantitative estimate of drug-likeness (QED) is 0.898. The number of aromatic carboxylic acids is 1. The van der Waals surface area contributed by atoms with E-state index in [-0.39, 0.29) is 11.5 Å². The lowest BCUT2D eigenvalue weighted by Crippen LogP contribution is -2.02. The molecule has 0 aliphatic carbocycles. The van der Waals surface area contributed by atoms with Gasteiger partial charge in [-0.15, -0.1) is 11.3 Å². The first kappa shape index (κ1) is 13.0. The van der Waals surface area contributed by atoms with Crippen molar-refractivity contribution in [3.63, 3.8) is 0 Å². The van der Waals surface area contributed by atoms with Crippen LogP contribution in [0.1, 0.15) is 16.1 Å². The molecular formula is C11H8BrFN2O2S. The number of anilines is 2. The number of benzene rings is 1. The van der Waals surface area contributed by atoms with E-state index in [2.05, 4.69) is 26.2 Å². The van der Waals surface area contributed by atoms with Crippen molar-refractivity contribution < 1.29 is 14.3 Å². The summed E-state index contributed by atoms with van der Waals surface area (Å²) in [6.07, 6.45) is 0. The summed E-state index contributed by atoms with van der Waals surface area (Å²) in [5.74, 6) is -1.46. The predicted octanol–water partition coefficient (Wildman–Crippen LogP) is 3.79. The van der Waals surface area contributed by atoms with Gasteiger partial charge in [0.05, 0.1) is 9.98 Å². The normalized spacial score (nSPS) is 10.4. The molecule has 2 aromatic rings. The van der Waals surface area contributed by atoms with Crippen molar-refractivity contribution in [2.45, 2.75) is 6.92 Å². The van der Waals surface area contributed by atoms with Crippen LogP contribution in [0.3, 0.4) is 0 Å². The Morgan fingerprint density at radius 3 is 2.94 bits per heavy atom. The fourth-order valence-electron chi connectivity index (χ4n) is 1.39. The van der Waals surface area contributed by atoms with E-state index < -0.39 is 5.97 Å². The van der Waals surface area contributed by atoms with E-state index in [9.17, 15) is 9.18 Å². The maximum atomic E-state index is 13.3. The van der Waals surface area contributed by atoms with Crippen LogP contribution < -0.4 is 5.32 Å². The van der Waals surface area contributed by atoms with Crippen LogP contribution in [0.15, 0.2) is 22.1 Å². The Hall–Kier alpha value is -1.47. The minimum absolute atomic E-state index is 0.0418. The zero-order chi connectivity index (χ0) is 13.3. The Kier molecular flexibility index (Phi) is 3.63. The number of thiazole rings is 1. The molecule has 7 heteroatoms. The second-order valence-corrected chi connectivity index (χ2v) is 5.25. The van der Waals surface area contributed by atoms with Crippen LogP contribution in [0.2, 0.25) is 0 Å². The standard InChI is InChI=1S/C11H8BrFN2O2S/c1-5-2-7(13)6(12)3-8(5)15-10-9(11(16)17)14-4-18-10/h2-4,15H,1H3,(H,16,17). The maximum absolute atomic E-state index is 13.3. The number of halogens is 2. The number of carbonyl (C=O) groups is 1. The largest absolute Gasteiger partial charge is 0.476 e. The van der Waals surface area contributed by atoms with Crippen LogP contribution in [-0.4, -0.2) is 16.1 Å². The van der Waals surface area contributed by atoms with Gasteiger partial charge in [0.1, 0.15) is 10.8 Å². The van der Waals surface area contributed by atoms with Crippen molar-refractivity contribution in [2.24, 2.45) is 0 Å². The third kappa shape index (κ3) is 2.51. The molecule has 0 aliphatic heterocycles. The highest BCUT2D eigenvalue weighted by Gasteiger charge is 2.15. The summed E-state index contributed by atoms with van der Waals surface area (Å²) >= 11 is 4.27.